The molecule has 0 aromatic carbocycles. The van der Waals surface area contributed by atoms with Gasteiger partial charge in [-0.15, -0.1) is 0 Å². The van der Waals surface area contributed by atoms with Gasteiger partial charge in [0.2, 0.25) is 0 Å². The highest BCUT2D eigenvalue weighted by atomic mass is 15.2. The van der Waals surface area contributed by atoms with Crippen molar-refractivity contribution in [2.45, 2.75) is 50.2 Å². The zero-order valence-corrected chi connectivity index (χ0v) is 10.2. The first-order valence-electron chi connectivity index (χ1n) is 6.34. The molecule has 88 valence electrons. The molecule has 3 nitrogen and oxygen atoms in total. The van der Waals surface area contributed by atoms with Crippen LogP contribution < -0.4 is 5.73 Å². The Labute approximate surface area is 93.6 Å². The molecular formula is C12H25N3. The van der Waals surface area contributed by atoms with Gasteiger partial charge in [-0.2, -0.15) is 0 Å². The fourth-order valence-electron chi connectivity index (χ4n) is 3.16. The summed E-state index contributed by atoms with van der Waals surface area (Å²) in [6.45, 7) is 2.50. The third-order valence-corrected chi connectivity index (χ3v) is 4.23. The summed E-state index contributed by atoms with van der Waals surface area (Å²) in [5, 5.41) is 0. The molecule has 1 saturated heterocycles. The topological polar surface area (TPSA) is 32.5 Å². The Hall–Kier alpha value is -0.120. The maximum Gasteiger partial charge on any atom is 0.0247 e. The Morgan fingerprint density at radius 1 is 1.07 bits per heavy atom. The van der Waals surface area contributed by atoms with E-state index in [-0.39, 0.29) is 0 Å². The van der Waals surface area contributed by atoms with E-state index in [0.29, 0.717) is 12.1 Å². The van der Waals surface area contributed by atoms with Crippen molar-refractivity contribution in [2.24, 2.45) is 5.73 Å². The highest BCUT2D eigenvalue weighted by molar-refractivity contribution is 4.90. The third-order valence-electron chi connectivity index (χ3n) is 4.23. The summed E-state index contributed by atoms with van der Waals surface area (Å²) < 4.78 is 0. The number of rotatable bonds is 2. The third kappa shape index (κ3) is 2.52. The van der Waals surface area contributed by atoms with Crippen LogP contribution in [0.1, 0.15) is 32.1 Å². The van der Waals surface area contributed by atoms with Gasteiger partial charge in [0, 0.05) is 18.1 Å². The predicted octanol–water partition coefficient (Wildman–Crippen LogP) is 0.892. The fraction of sp³-hybridized carbons (Fsp3) is 1.00. The van der Waals surface area contributed by atoms with Gasteiger partial charge in [-0.05, 0) is 52.9 Å². The number of likely N-dealkylation sites (tertiary alicyclic amines) is 1. The van der Waals surface area contributed by atoms with E-state index >= 15 is 0 Å². The van der Waals surface area contributed by atoms with Gasteiger partial charge in [-0.3, -0.25) is 4.90 Å². The minimum absolute atomic E-state index is 0.445. The molecule has 2 fully saturated rings. The van der Waals surface area contributed by atoms with Crippen molar-refractivity contribution in [3.05, 3.63) is 0 Å². The highest BCUT2D eigenvalue weighted by Gasteiger charge is 2.32. The second-order valence-electron chi connectivity index (χ2n) is 5.39. The van der Waals surface area contributed by atoms with Crippen LogP contribution in [0.25, 0.3) is 0 Å². The van der Waals surface area contributed by atoms with Crippen molar-refractivity contribution in [1.29, 1.82) is 0 Å². The van der Waals surface area contributed by atoms with Crippen LogP contribution >= 0.6 is 0 Å². The Morgan fingerprint density at radius 2 is 1.73 bits per heavy atom. The van der Waals surface area contributed by atoms with E-state index in [0.717, 1.165) is 6.04 Å². The van der Waals surface area contributed by atoms with Gasteiger partial charge in [0.05, 0.1) is 0 Å². The van der Waals surface area contributed by atoms with Gasteiger partial charge in [0.25, 0.3) is 0 Å². The quantitative estimate of drug-likeness (QED) is 0.736. The molecule has 0 aromatic heterocycles. The monoisotopic (exact) mass is 211 g/mol. The molecule has 0 spiro atoms. The van der Waals surface area contributed by atoms with Crippen LogP contribution in [0, 0.1) is 0 Å². The highest BCUT2D eigenvalue weighted by Crippen LogP contribution is 2.26. The zero-order valence-electron chi connectivity index (χ0n) is 10.2. The van der Waals surface area contributed by atoms with Crippen molar-refractivity contribution in [1.82, 2.24) is 9.80 Å². The van der Waals surface area contributed by atoms with E-state index in [9.17, 15) is 0 Å². The van der Waals surface area contributed by atoms with E-state index < -0.39 is 0 Å². The summed E-state index contributed by atoms with van der Waals surface area (Å²) in [7, 11) is 4.39. The average molecular weight is 211 g/mol. The minimum Gasteiger partial charge on any atom is -0.326 e. The fourth-order valence-corrected chi connectivity index (χ4v) is 3.16. The molecule has 0 aromatic rings. The first kappa shape index (κ1) is 11.4. The summed E-state index contributed by atoms with van der Waals surface area (Å²) >= 11 is 0. The summed E-state index contributed by atoms with van der Waals surface area (Å²) in [4.78, 5) is 5.00. The maximum absolute atomic E-state index is 6.15. The molecule has 2 N–H and O–H groups in total. The van der Waals surface area contributed by atoms with Gasteiger partial charge in [-0.1, -0.05) is 6.42 Å². The van der Waals surface area contributed by atoms with Crippen LogP contribution in [-0.4, -0.2) is 55.1 Å². The van der Waals surface area contributed by atoms with E-state index in [4.69, 9.17) is 5.73 Å². The molecule has 2 atom stereocenters. The molecule has 0 radical (unpaired) electrons. The smallest absolute Gasteiger partial charge is 0.0247 e. The van der Waals surface area contributed by atoms with Gasteiger partial charge < -0.3 is 10.6 Å². The second-order valence-corrected chi connectivity index (χ2v) is 5.39. The van der Waals surface area contributed by atoms with Crippen LogP contribution in [0.4, 0.5) is 0 Å². The molecule has 0 amide bonds. The molecule has 1 aliphatic heterocycles. The van der Waals surface area contributed by atoms with Crippen molar-refractivity contribution in [2.75, 3.05) is 27.2 Å². The van der Waals surface area contributed by atoms with Crippen LogP contribution in [0.3, 0.4) is 0 Å². The Morgan fingerprint density at radius 3 is 2.20 bits per heavy atom. The van der Waals surface area contributed by atoms with Crippen molar-refractivity contribution in [3.8, 4) is 0 Å². The molecular weight excluding hydrogens is 186 g/mol. The average Bonchev–Trinajstić information content (AvgIpc) is 2.65. The van der Waals surface area contributed by atoms with Crippen molar-refractivity contribution in [3.63, 3.8) is 0 Å². The number of hydrogen-bond donors (Lipinski definition) is 1. The first-order valence-corrected chi connectivity index (χ1v) is 6.34. The Kier molecular flexibility index (Phi) is 3.65. The van der Waals surface area contributed by atoms with E-state index in [2.05, 4.69) is 23.9 Å². The number of hydrogen-bond acceptors (Lipinski definition) is 3. The molecule has 1 heterocycles. The molecule has 1 aliphatic carbocycles. The number of nitrogens with zero attached hydrogens (tertiary/aromatic N) is 2. The standard InChI is InChI=1S/C12H25N3/c1-14(2)10-6-8-15(9-7-10)12-5-3-4-11(12)13/h10-12H,3-9,13H2,1-2H3. The van der Waals surface area contributed by atoms with Crippen molar-refractivity contribution >= 4 is 0 Å². The number of nitrogens with two attached hydrogens (primary N) is 1. The minimum atomic E-state index is 0.445. The zero-order chi connectivity index (χ0) is 10.8. The van der Waals surface area contributed by atoms with Gasteiger partial charge in [-0.25, -0.2) is 0 Å². The van der Waals surface area contributed by atoms with Gasteiger partial charge in [0.1, 0.15) is 0 Å². The predicted molar refractivity (Wildman–Crippen MR) is 63.9 cm³/mol. The maximum atomic E-state index is 6.15. The SMILES string of the molecule is CN(C)C1CCN(C2CCCC2N)CC1. The van der Waals surface area contributed by atoms with Gasteiger partial charge in [0.15, 0.2) is 0 Å². The van der Waals surface area contributed by atoms with Crippen molar-refractivity contribution < 1.29 is 0 Å². The Balaban J connectivity index is 1.82. The molecule has 1 saturated carbocycles. The lowest BCUT2D eigenvalue weighted by Gasteiger charge is -2.39. The van der Waals surface area contributed by atoms with E-state index in [1.54, 1.807) is 0 Å². The summed E-state index contributed by atoms with van der Waals surface area (Å²) in [6, 6.07) is 1.92. The first-order chi connectivity index (χ1) is 7.18. The van der Waals surface area contributed by atoms with E-state index in [1.807, 2.05) is 0 Å². The lowest BCUT2D eigenvalue weighted by Crippen LogP contribution is -2.50. The normalized spacial score (nSPS) is 35.2. The molecule has 2 rings (SSSR count). The van der Waals surface area contributed by atoms with E-state index in [1.165, 1.54) is 45.2 Å². The molecule has 2 unspecified atom stereocenters. The summed E-state index contributed by atoms with van der Waals surface area (Å²) in [5.41, 5.74) is 6.15. The summed E-state index contributed by atoms with van der Waals surface area (Å²) in [6.07, 6.45) is 6.53. The molecule has 3 heteroatoms. The number of piperidine rings is 1. The van der Waals surface area contributed by atoms with Crippen LogP contribution in [-0.2, 0) is 0 Å². The molecule has 15 heavy (non-hydrogen) atoms. The summed E-state index contributed by atoms with van der Waals surface area (Å²) in [5.74, 6) is 0. The van der Waals surface area contributed by atoms with Crippen LogP contribution in [0.5, 0.6) is 0 Å². The molecule has 2 aliphatic rings. The van der Waals surface area contributed by atoms with Crippen LogP contribution in [0.15, 0.2) is 0 Å². The van der Waals surface area contributed by atoms with Gasteiger partial charge >= 0.3 is 0 Å². The van der Waals surface area contributed by atoms with Crippen LogP contribution in [0.2, 0.25) is 0 Å². The lowest BCUT2D eigenvalue weighted by molar-refractivity contribution is 0.104. The lowest BCUT2D eigenvalue weighted by atomic mass is 10.0. The molecule has 0 bridgehead atoms. The second kappa shape index (κ2) is 4.81. The largest absolute Gasteiger partial charge is 0.326 e. The Bertz CT molecular complexity index is 197.